The molecular formula is C8H4N2O. The second-order valence-electron chi connectivity index (χ2n) is 2.65. The van der Waals surface area contributed by atoms with E-state index >= 15 is 0 Å². The molecule has 2 heterocycles. The van der Waals surface area contributed by atoms with Crippen LogP contribution in [-0.4, -0.2) is 11.5 Å². The molecule has 0 amide bonds. The molecule has 3 nitrogen and oxygen atoms in total. The maximum Gasteiger partial charge on any atom is 0.213 e. The fourth-order valence-electron chi connectivity index (χ4n) is 1.38. The highest BCUT2D eigenvalue weighted by molar-refractivity contribution is 6.55. The van der Waals surface area contributed by atoms with Crippen LogP contribution >= 0.6 is 0 Å². The van der Waals surface area contributed by atoms with E-state index in [0.29, 0.717) is 11.3 Å². The van der Waals surface area contributed by atoms with Crippen LogP contribution in [-0.2, 0) is 4.79 Å². The van der Waals surface area contributed by atoms with E-state index in [-0.39, 0.29) is 5.78 Å². The van der Waals surface area contributed by atoms with Crippen LogP contribution in [0, 0.1) is 0 Å². The lowest BCUT2D eigenvalue weighted by Gasteiger charge is -2.23. The van der Waals surface area contributed by atoms with Crippen LogP contribution in [0.2, 0.25) is 0 Å². The van der Waals surface area contributed by atoms with Crippen LogP contribution in [0.15, 0.2) is 40.3 Å². The number of ketones is 1. The normalized spacial score (nSPS) is 23.8. The predicted molar refractivity (Wildman–Crippen MR) is 39.8 cm³/mol. The third-order valence-electron chi connectivity index (χ3n) is 2.03. The lowest BCUT2D eigenvalue weighted by Crippen LogP contribution is -2.32. The van der Waals surface area contributed by atoms with Crippen molar-refractivity contribution in [3.63, 3.8) is 0 Å². The number of hydrogen-bond donors (Lipinski definition) is 1. The van der Waals surface area contributed by atoms with Crippen LogP contribution in [0.1, 0.15) is 0 Å². The van der Waals surface area contributed by atoms with Crippen molar-refractivity contribution in [2.45, 2.75) is 0 Å². The molecule has 0 unspecified atom stereocenters. The number of Topliss-reactive ketones (excluding diaryl/α,β-unsaturated/α-hetero) is 1. The highest BCUT2D eigenvalue weighted by atomic mass is 16.1. The number of aliphatic imine (C=N–C) groups is 1. The Morgan fingerprint density at radius 3 is 3.09 bits per heavy atom. The van der Waals surface area contributed by atoms with Crippen LogP contribution in [0.5, 0.6) is 0 Å². The van der Waals surface area contributed by atoms with Gasteiger partial charge in [-0.3, -0.25) is 9.79 Å². The average molecular weight is 144 g/mol. The van der Waals surface area contributed by atoms with Gasteiger partial charge in [-0.2, -0.15) is 0 Å². The van der Waals surface area contributed by atoms with Gasteiger partial charge >= 0.3 is 0 Å². The molecule has 2 bridgehead atoms. The fraction of sp³-hybridized carbons (Fsp3) is 0. The predicted octanol–water partition coefficient (Wildman–Crippen LogP) is 0.279. The van der Waals surface area contributed by atoms with E-state index in [1.165, 1.54) is 0 Å². The van der Waals surface area contributed by atoms with Crippen molar-refractivity contribution in [2.75, 3.05) is 0 Å². The molecule has 0 fully saturated rings. The summed E-state index contributed by atoms with van der Waals surface area (Å²) in [5, 5.41) is 2.99. The van der Waals surface area contributed by atoms with Gasteiger partial charge in [-0.15, -0.1) is 0 Å². The minimum atomic E-state index is 0.0569. The largest absolute Gasteiger partial charge is 0.360 e. The Labute approximate surface area is 62.8 Å². The Morgan fingerprint density at radius 1 is 1.45 bits per heavy atom. The summed E-state index contributed by atoms with van der Waals surface area (Å²) in [5.74, 6) is 0.0569. The van der Waals surface area contributed by atoms with Gasteiger partial charge in [0.2, 0.25) is 5.78 Å². The molecule has 1 N–H and O–H groups in total. The molecule has 3 rings (SSSR count). The van der Waals surface area contributed by atoms with E-state index in [9.17, 15) is 4.79 Å². The van der Waals surface area contributed by atoms with E-state index in [2.05, 4.69) is 10.3 Å². The Balaban J connectivity index is 2.35. The minimum absolute atomic E-state index is 0.0569. The summed E-state index contributed by atoms with van der Waals surface area (Å²) in [4.78, 5) is 15.3. The molecule has 3 heteroatoms. The van der Waals surface area contributed by atoms with Gasteiger partial charge in [0.1, 0.15) is 5.71 Å². The third kappa shape index (κ3) is 0.420. The van der Waals surface area contributed by atoms with Crippen LogP contribution < -0.4 is 5.32 Å². The first-order chi connectivity index (χ1) is 5.36. The monoisotopic (exact) mass is 144 g/mol. The molecule has 0 saturated carbocycles. The summed E-state index contributed by atoms with van der Waals surface area (Å²) in [6.45, 7) is 0. The second-order valence-corrected chi connectivity index (χ2v) is 2.65. The van der Waals surface area contributed by atoms with Gasteiger partial charge in [0.25, 0.3) is 0 Å². The number of fused-ring (bicyclic) bond motifs is 4. The van der Waals surface area contributed by atoms with Gasteiger partial charge < -0.3 is 5.32 Å². The highest BCUT2D eigenvalue weighted by Crippen LogP contribution is 2.29. The van der Waals surface area contributed by atoms with E-state index in [4.69, 9.17) is 0 Å². The maximum absolute atomic E-state index is 11.3. The van der Waals surface area contributed by atoms with Crippen molar-refractivity contribution in [2.24, 2.45) is 4.99 Å². The van der Waals surface area contributed by atoms with Gasteiger partial charge in [0.05, 0.1) is 0 Å². The van der Waals surface area contributed by atoms with Crippen molar-refractivity contribution in [1.29, 1.82) is 0 Å². The minimum Gasteiger partial charge on any atom is -0.360 e. The van der Waals surface area contributed by atoms with Crippen LogP contribution in [0.25, 0.3) is 0 Å². The Bertz CT molecular complexity index is 396. The number of hydrogen-bond acceptors (Lipinski definition) is 3. The number of nitrogens with zero attached hydrogens (tertiary/aromatic N) is 1. The molecule has 0 radical (unpaired) electrons. The number of allylic oxidation sites excluding steroid dienone is 3. The zero-order valence-corrected chi connectivity index (χ0v) is 5.59. The Morgan fingerprint density at radius 2 is 2.36 bits per heavy atom. The van der Waals surface area contributed by atoms with Crippen molar-refractivity contribution in [3.05, 3.63) is 35.3 Å². The second kappa shape index (κ2) is 1.34. The first-order valence-electron chi connectivity index (χ1n) is 3.38. The first kappa shape index (κ1) is 5.07. The zero-order valence-electron chi connectivity index (χ0n) is 5.59. The van der Waals surface area contributed by atoms with Crippen LogP contribution in [0.4, 0.5) is 0 Å². The molecule has 0 aromatic heterocycles. The van der Waals surface area contributed by atoms with E-state index in [1.807, 2.05) is 6.08 Å². The van der Waals surface area contributed by atoms with Gasteiger partial charge in [0.15, 0.2) is 0 Å². The number of rotatable bonds is 0. The van der Waals surface area contributed by atoms with Crippen molar-refractivity contribution in [1.82, 2.24) is 5.32 Å². The molecule has 1 aliphatic carbocycles. The SMILES string of the molecule is O=C1C2=CN=C1C1=CNC1=C2. The van der Waals surface area contributed by atoms with Crippen molar-refractivity contribution < 1.29 is 4.79 Å². The number of carbonyl (C=O) groups excluding carboxylic acids is 1. The molecular weight excluding hydrogens is 140 g/mol. The molecule has 0 spiro atoms. The molecule has 0 aromatic carbocycles. The van der Waals surface area contributed by atoms with Crippen LogP contribution in [0.3, 0.4) is 0 Å². The third-order valence-corrected chi connectivity index (χ3v) is 2.03. The quantitative estimate of drug-likeness (QED) is 0.530. The zero-order chi connectivity index (χ0) is 7.42. The summed E-state index contributed by atoms with van der Waals surface area (Å²) < 4.78 is 0. The number of carbonyl (C=O) groups is 1. The summed E-state index contributed by atoms with van der Waals surface area (Å²) >= 11 is 0. The summed E-state index contributed by atoms with van der Waals surface area (Å²) in [6, 6.07) is 0. The molecule has 0 aromatic rings. The van der Waals surface area contributed by atoms with Gasteiger partial charge in [0, 0.05) is 29.2 Å². The smallest absolute Gasteiger partial charge is 0.213 e. The first-order valence-corrected chi connectivity index (χ1v) is 3.38. The number of nitrogens with one attached hydrogen (secondary N) is 1. The molecule has 0 atom stereocenters. The standard InChI is InChI=1S/C8H4N2O/c11-8-4-1-6-5(3-9-6)7(8)10-2-4/h1-3,9H. The van der Waals surface area contributed by atoms with Gasteiger partial charge in [-0.05, 0) is 6.08 Å². The van der Waals surface area contributed by atoms with Gasteiger partial charge in [-0.1, -0.05) is 0 Å². The Kier molecular flexibility index (Phi) is 0.619. The van der Waals surface area contributed by atoms with E-state index in [0.717, 1.165) is 11.3 Å². The van der Waals surface area contributed by atoms with E-state index < -0.39 is 0 Å². The van der Waals surface area contributed by atoms with E-state index in [1.54, 1.807) is 12.4 Å². The average Bonchev–Trinajstić information content (AvgIpc) is 2.20. The lowest BCUT2D eigenvalue weighted by atomic mass is 9.91. The Hall–Kier alpha value is -1.64. The summed E-state index contributed by atoms with van der Waals surface area (Å²) in [7, 11) is 0. The molecule has 11 heavy (non-hydrogen) atoms. The summed E-state index contributed by atoms with van der Waals surface area (Å²) in [6.07, 6.45) is 5.25. The van der Waals surface area contributed by atoms with Gasteiger partial charge in [-0.25, -0.2) is 0 Å². The van der Waals surface area contributed by atoms with Crippen molar-refractivity contribution in [3.8, 4) is 0 Å². The maximum atomic E-state index is 11.3. The molecule has 3 aliphatic rings. The fourth-order valence-corrected chi connectivity index (χ4v) is 1.38. The lowest BCUT2D eigenvalue weighted by molar-refractivity contribution is -0.109. The highest BCUT2D eigenvalue weighted by Gasteiger charge is 2.33. The molecule has 52 valence electrons. The molecule has 0 saturated heterocycles. The molecule has 2 aliphatic heterocycles. The topological polar surface area (TPSA) is 41.5 Å². The van der Waals surface area contributed by atoms with Crippen molar-refractivity contribution >= 4 is 11.5 Å². The summed E-state index contributed by atoms with van der Waals surface area (Å²) in [5.41, 5.74) is 3.26.